The summed E-state index contributed by atoms with van der Waals surface area (Å²) in [5.41, 5.74) is 1.60. The number of nitrogens with zero attached hydrogens (tertiary/aromatic N) is 3. The topological polar surface area (TPSA) is 76.5 Å². The minimum atomic E-state index is -0.480. The molecule has 1 atom stereocenters. The minimum absolute atomic E-state index is 0.00275. The summed E-state index contributed by atoms with van der Waals surface area (Å²) in [7, 11) is 1.78. The van der Waals surface area contributed by atoms with Gasteiger partial charge in [-0.1, -0.05) is 30.3 Å². The van der Waals surface area contributed by atoms with Crippen molar-refractivity contribution < 1.29 is 14.3 Å². The number of ether oxygens (including phenoxy) is 1. The first-order valence-electron chi connectivity index (χ1n) is 9.27. The molecule has 27 heavy (non-hydrogen) atoms. The van der Waals surface area contributed by atoms with Gasteiger partial charge in [0, 0.05) is 32.4 Å². The highest BCUT2D eigenvalue weighted by molar-refractivity contribution is 5.93. The molecule has 3 rings (SSSR count). The van der Waals surface area contributed by atoms with Gasteiger partial charge in [0.25, 0.3) is 11.8 Å². The van der Waals surface area contributed by atoms with Crippen molar-refractivity contribution in [3.8, 4) is 0 Å². The summed E-state index contributed by atoms with van der Waals surface area (Å²) in [6, 6.07) is 9.89. The Morgan fingerprint density at radius 3 is 2.59 bits per heavy atom. The van der Waals surface area contributed by atoms with E-state index < -0.39 is 6.10 Å². The standard InChI is InChI=1S/C20H26N4O3/c1-15(27-14-16-6-4-3-5-7-16)20(26)24-10-8-18(9-11-24)22-19(25)17-12-21-23(2)13-17/h3-7,12-13,15,18H,8-11,14H2,1-2H3,(H,22,25)/t15-/m1/s1. The van der Waals surface area contributed by atoms with E-state index in [2.05, 4.69) is 10.4 Å². The maximum Gasteiger partial charge on any atom is 0.254 e. The molecular weight excluding hydrogens is 344 g/mol. The molecule has 7 heteroatoms. The Bertz CT molecular complexity index is 767. The number of hydrogen-bond donors (Lipinski definition) is 1. The summed E-state index contributed by atoms with van der Waals surface area (Å²) in [6.45, 7) is 3.46. The molecule has 0 aliphatic carbocycles. The van der Waals surface area contributed by atoms with Crippen molar-refractivity contribution in [3.05, 3.63) is 53.9 Å². The lowest BCUT2D eigenvalue weighted by atomic mass is 10.0. The Morgan fingerprint density at radius 2 is 1.96 bits per heavy atom. The summed E-state index contributed by atoms with van der Waals surface area (Å²) >= 11 is 0. The predicted molar refractivity (Wildman–Crippen MR) is 101 cm³/mol. The Balaban J connectivity index is 1.42. The molecule has 1 N–H and O–H groups in total. The average Bonchev–Trinajstić information content (AvgIpc) is 3.13. The number of rotatable bonds is 6. The highest BCUT2D eigenvalue weighted by Crippen LogP contribution is 2.14. The molecule has 0 spiro atoms. The van der Waals surface area contributed by atoms with Crippen LogP contribution in [0.4, 0.5) is 0 Å². The third kappa shape index (κ3) is 5.17. The highest BCUT2D eigenvalue weighted by Gasteiger charge is 2.27. The number of nitrogens with one attached hydrogen (secondary N) is 1. The Morgan fingerprint density at radius 1 is 1.26 bits per heavy atom. The molecule has 1 aromatic heterocycles. The fourth-order valence-electron chi connectivity index (χ4n) is 3.18. The van der Waals surface area contributed by atoms with Crippen LogP contribution in [0.2, 0.25) is 0 Å². The third-order valence-corrected chi connectivity index (χ3v) is 4.80. The molecule has 0 radical (unpaired) electrons. The van der Waals surface area contributed by atoms with Crippen molar-refractivity contribution in [2.24, 2.45) is 7.05 Å². The van der Waals surface area contributed by atoms with E-state index in [1.165, 1.54) is 0 Å². The number of aryl methyl sites for hydroxylation is 1. The van der Waals surface area contributed by atoms with E-state index >= 15 is 0 Å². The number of carbonyl (C=O) groups is 2. The summed E-state index contributed by atoms with van der Waals surface area (Å²) in [5, 5.41) is 7.04. The Kier molecular flexibility index (Phi) is 6.24. The van der Waals surface area contributed by atoms with Crippen molar-refractivity contribution in [3.63, 3.8) is 0 Å². The molecule has 1 aliphatic heterocycles. The zero-order valence-corrected chi connectivity index (χ0v) is 15.8. The van der Waals surface area contributed by atoms with Crippen molar-refractivity contribution in [2.45, 2.75) is 38.5 Å². The highest BCUT2D eigenvalue weighted by atomic mass is 16.5. The molecule has 0 unspecified atom stereocenters. The SMILES string of the molecule is C[C@@H](OCc1ccccc1)C(=O)N1CCC(NC(=O)c2cnn(C)c2)CC1. The van der Waals surface area contributed by atoms with Gasteiger partial charge in [0.1, 0.15) is 6.10 Å². The van der Waals surface area contributed by atoms with Crippen molar-refractivity contribution >= 4 is 11.8 Å². The van der Waals surface area contributed by atoms with Gasteiger partial charge in [0.15, 0.2) is 0 Å². The lowest BCUT2D eigenvalue weighted by Crippen LogP contribution is -2.49. The summed E-state index contributed by atoms with van der Waals surface area (Å²) < 4.78 is 7.33. The number of carbonyl (C=O) groups excluding carboxylic acids is 2. The van der Waals surface area contributed by atoms with Crippen LogP contribution in [0.1, 0.15) is 35.7 Å². The maximum absolute atomic E-state index is 12.6. The number of likely N-dealkylation sites (tertiary alicyclic amines) is 1. The molecule has 2 heterocycles. The number of benzene rings is 1. The van der Waals surface area contributed by atoms with Crippen LogP contribution in [-0.4, -0.2) is 51.7 Å². The maximum atomic E-state index is 12.6. The molecular formula is C20H26N4O3. The van der Waals surface area contributed by atoms with Gasteiger partial charge in [-0.15, -0.1) is 0 Å². The number of piperidine rings is 1. The molecule has 1 aliphatic rings. The monoisotopic (exact) mass is 370 g/mol. The molecule has 144 valence electrons. The Labute approximate surface area is 159 Å². The molecule has 1 saturated heterocycles. The largest absolute Gasteiger partial charge is 0.364 e. The molecule has 2 aromatic rings. The molecule has 7 nitrogen and oxygen atoms in total. The number of hydrogen-bond acceptors (Lipinski definition) is 4. The minimum Gasteiger partial charge on any atom is -0.364 e. The summed E-state index contributed by atoms with van der Waals surface area (Å²) in [6.07, 6.45) is 4.25. The van der Waals surface area contributed by atoms with Gasteiger partial charge in [-0.2, -0.15) is 5.10 Å². The first kappa shape index (κ1) is 19.1. The van der Waals surface area contributed by atoms with Crippen molar-refractivity contribution in [2.75, 3.05) is 13.1 Å². The van der Waals surface area contributed by atoms with Crippen LogP contribution in [0, 0.1) is 0 Å². The fraction of sp³-hybridized carbons (Fsp3) is 0.450. The zero-order chi connectivity index (χ0) is 19.2. The second kappa shape index (κ2) is 8.81. The molecule has 2 amide bonds. The van der Waals surface area contributed by atoms with E-state index in [4.69, 9.17) is 4.74 Å². The summed E-state index contributed by atoms with van der Waals surface area (Å²) in [5.74, 6) is -0.115. The number of aromatic nitrogens is 2. The van der Waals surface area contributed by atoms with Crippen molar-refractivity contribution in [1.82, 2.24) is 20.0 Å². The quantitative estimate of drug-likeness (QED) is 0.840. The van der Waals surface area contributed by atoms with E-state index in [0.717, 1.165) is 18.4 Å². The smallest absolute Gasteiger partial charge is 0.254 e. The van der Waals surface area contributed by atoms with Gasteiger partial charge >= 0.3 is 0 Å². The second-order valence-corrected chi connectivity index (χ2v) is 6.91. The molecule has 0 bridgehead atoms. The lowest BCUT2D eigenvalue weighted by molar-refractivity contribution is -0.144. The first-order chi connectivity index (χ1) is 13.0. The zero-order valence-electron chi connectivity index (χ0n) is 15.8. The summed E-state index contributed by atoms with van der Waals surface area (Å²) in [4.78, 5) is 26.6. The van der Waals surface area contributed by atoms with Crippen LogP contribution in [0.25, 0.3) is 0 Å². The lowest BCUT2D eigenvalue weighted by Gasteiger charge is -2.33. The molecule has 0 saturated carbocycles. The van der Waals surface area contributed by atoms with E-state index in [0.29, 0.717) is 25.3 Å². The Hall–Kier alpha value is -2.67. The van der Waals surface area contributed by atoms with Gasteiger partial charge in [0.2, 0.25) is 0 Å². The van der Waals surface area contributed by atoms with Gasteiger partial charge < -0.3 is 15.0 Å². The van der Waals surface area contributed by atoms with Crippen LogP contribution in [-0.2, 0) is 23.2 Å². The normalized spacial score (nSPS) is 16.1. The van der Waals surface area contributed by atoms with Crippen LogP contribution in [0.15, 0.2) is 42.7 Å². The van der Waals surface area contributed by atoms with Crippen LogP contribution >= 0.6 is 0 Å². The number of amides is 2. The van der Waals surface area contributed by atoms with Gasteiger partial charge in [0.05, 0.1) is 18.4 Å². The third-order valence-electron chi connectivity index (χ3n) is 4.80. The predicted octanol–water partition coefficient (Wildman–Crippen LogP) is 1.75. The van der Waals surface area contributed by atoms with Gasteiger partial charge in [-0.3, -0.25) is 14.3 Å². The fourth-order valence-corrected chi connectivity index (χ4v) is 3.18. The molecule has 1 aromatic carbocycles. The van der Waals surface area contributed by atoms with E-state index in [-0.39, 0.29) is 17.9 Å². The first-order valence-corrected chi connectivity index (χ1v) is 9.27. The average molecular weight is 370 g/mol. The van der Waals surface area contributed by atoms with E-state index in [9.17, 15) is 9.59 Å². The van der Waals surface area contributed by atoms with E-state index in [1.54, 1.807) is 31.0 Å². The van der Waals surface area contributed by atoms with Crippen molar-refractivity contribution in [1.29, 1.82) is 0 Å². The van der Waals surface area contributed by atoms with Gasteiger partial charge in [-0.05, 0) is 25.3 Å². The van der Waals surface area contributed by atoms with Crippen LogP contribution < -0.4 is 5.32 Å². The van der Waals surface area contributed by atoms with Gasteiger partial charge in [-0.25, -0.2) is 0 Å². The second-order valence-electron chi connectivity index (χ2n) is 6.91. The van der Waals surface area contributed by atoms with Crippen LogP contribution in [0.5, 0.6) is 0 Å². The van der Waals surface area contributed by atoms with Crippen LogP contribution in [0.3, 0.4) is 0 Å². The molecule has 1 fully saturated rings. The van der Waals surface area contributed by atoms with E-state index in [1.807, 2.05) is 35.2 Å².